The summed E-state index contributed by atoms with van der Waals surface area (Å²) in [4.78, 5) is 0. The third-order valence-electron chi connectivity index (χ3n) is 5.92. The molecule has 1 heterocycles. The van der Waals surface area contributed by atoms with Crippen LogP contribution < -0.4 is 0 Å². The lowest BCUT2D eigenvalue weighted by Crippen LogP contribution is -2.34. The Balaban J connectivity index is 1.48. The molecule has 4 nitrogen and oxygen atoms in total. The van der Waals surface area contributed by atoms with Gasteiger partial charge in [-0.05, 0) is 53.3 Å². The molecule has 31 heavy (non-hydrogen) atoms. The van der Waals surface area contributed by atoms with Crippen LogP contribution in [0.2, 0.25) is 0 Å². The van der Waals surface area contributed by atoms with Gasteiger partial charge in [0.1, 0.15) is 5.75 Å². The molecule has 0 amide bonds. The van der Waals surface area contributed by atoms with Crippen molar-refractivity contribution in [3.8, 4) is 5.75 Å². The maximum atomic E-state index is 9.54. The summed E-state index contributed by atoms with van der Waals surface area (Å²) in [5, 5.41) is 9.54. The Morgan fingerprint density at radius 2 is 1.71 bits per heavy atom. The molecule has 3 aromatic carbocycles. The zero-order chi connectivity index (χ0) is 21.6. The van der Waals surface area contributed by atoms with Gasteiger partial charge in [-0.1, -0.05) is 60.7 Å². The smallest absolute Gasteiger partial charge is 0.160 e. The van der Waals surface area contributed by atoms with Gasteiger partial charge in [-0.2, -0.15) is 0 Å². The van der Waals surface area contributed by atoms with E-state index in [-0.39, 0.29) is 24.2 Å². The van der Waals surface area contributed by atoms with E-state index in [0.29, 0.717) is 6.61 Å². The van der Waals surface area contributed by atoms with Crippen LogP contribution in [-0.2, 0) is 27.2 Å². The standard InChI is InChI=1S/C27H30O4/c1-19-8-11-22(15-23(19)14-20-9-12-24(28)13-10-20)26-16-25(17-27(29-2)31-26)30-18-21-6-4-3-5-7-21/h3-13,15,25-28H,14,16-18H2,1-2H3. The first-order chi connectivity index (χ1) is 15.1. The molecule has 0 saturated carbocycles. The second-order valence-electron chi connectivity index (χ2n) is 8.21. The van der Waals surface area contributed by atoms with E-state index in [4.69, 9.17) is 14.2 Å². The van der Waals surface area contributed by atoms with Crippen LogP contribution in [0.4, 0.5) is 0 Å². The van der Waals surface area contributed by atoms with Crippen molar-refractivity contribution in [3.63, 3.8) is 0 Å². The summed E-state index contributed by atoms with van der Waals surface area (Å²) in [7, 11) is 1.69. The Kier molecular flexibility index (Phi) is 7.03. The van der Waals surface area contributed by atoms with Crippen molar-refractivity contribution < 1.29 is 19.3 Å². The summed E-state index contributed by atoms with van der Waals surface area (Å²) < 4.78 is 18.0. The molecule has 0 radical (unpaired) electrons. The summed E-state index contributed by atoms with van der Waals surface area (Å²) in [6, 6.07) is 24.2. The molecule has 3 atom stereocenters. The Morgan fingerprint density at radius 1 is 0.935 bits per heavy atom. The monoisotopic (exact) mass is 418 g/mol. The van der Waals surface area contributed by atoms with Gasteiger partial charge in [0, 0.05) is 20.0 Å². The maximum absolute atomic E-state index is 9.54. The predicted molar refractivity (Wildman–Crippen MR) is 121 cm³/mol. The van der Waals surface area contributed by atoms with Gasteiger partial charge >= 0.3 is 0 Å². The van der Waals surface area contributed by atoms with E-state index in [2.05, 4.69) is 37.3 Å². The minimum atomic E-state index is -0.277. The van der Waals surface area contributed by atoms with Crippen molar-refractivity contribution in [2.45, 2.75) is 51.3 Å². The number of aryl methyl sites for hydroxylation is 1. The third-order valence-corrected chi connectivity index (χ3v) is 5.92. The normalized spacial score (nSPS) is 21.2. The van der Waals surface area contributed by atoms with Crippen LogP contribution in [0.15, 0.2) is 72.8 Å². The number of hydrogen-bond acceptors (Lipinski definition) is 4. The first-order valence-electron chi connectivity index (χ1n) is 10.8. The van der Waals surface area contributed by atoms with Gasteiger partial charge in [-0.15, -0.1) is 0 Å². The molecule has 0 aromatic heterocycles. The van der Waals surface area contributed by atoms with Crippen LogP contribution in [-0.4, -0.2) is 24.6 Å². The third kappa shape index (κ3) is 5.73. The number of phenols is 1. The van der Waals surface area contributed by atoms with Gasteiger partial charge in [0.05, 0.1) is 18.8 Å². The van der Waals surface area contributed by atoms with Crippen molar-refractivity contribution in [2.24, 2.45) is 0 Å². The minimum Gasteiger partial charge on any atom is -0.508 e. The zero-order valence-electron chi connectivity index (χ0n) is 18.2. The predicted octanol–water partition coefficient (Wildman–Crippen LogP) is 5.70. The van der Waals surface area contributed by atoms with Crippen LogP contribution in [0.5, 0.6) is 5.75 Å². The second kappa shape index (κ2) is 10.1. The van der Waals surface area contributed by atoms with Crippen LogP contribution in [0, 0.1) is 6.92 Å². The SMILES string of the molecule is COC1CC(OCc2ccccc2)CC(c2ccc(C)c(Cc3ccc(O)cc3)c2)O1. The first-order valence-corrected chi connectivity index (χ1v) is 10.8. The number of phenolic OH excluding ortho intramolecular Hbond substituents is 1. The van der Waals surface area contributed by atoms with Crippen molar-refractivity contribution >= 4 is 0 Å². The Morgan fingerprint density at radius 3 is 2.45 bits per heavy atom. The molecule has 1 fully saturated rings. The van der Waals surface area contributed by atoms with Crippen molar-refractivity contribution in [3.05, 3.63) is 101 Å². The van der Waals surface area contributed by atoms with Crippen molar-refractivity contribution in [1.82, 2.24) is 0 Å². The van der Waals surface area contributed by atoms with Gasteiger partial charge in [0.2, 0.25) is 0 Å². The van der Waals surface area contributed by atoms with Gasteiger partial charge in [0.15, 0.2) is 6.29 Å². The average molecular weight is 419 g/mol. The van der Waals surface area contributed by atoms with E-state index in [1.807, 2.05) is 30.3 Å². The lowest BCUT2D eigenvalue weighted by Gasteiger charge is -2.35. The number of hydrogen-bond donors (Lipinski definition) is 1. The fourth-order valence-corrected chi connectivity index (χ4v) is 4.05. The van der Waals surface area contributed by atoms with E-state index >= 15 is 0 Å². The highest BCUT2D eigenvalue weighted by Crippen LogP contribution is 2.34. The maximum Gasteiger partial charge on any atom is 0.160 e. The summed E-state index contributed by atoms with van der Waals surface area (Å²) in [5.74, 6) is 0.289. The fourth-order valence-electron chi connectivity index (χ4n) is 4.05. The van der Waals surface area contributed by atoms with E-state index in [0.717, 1.165) is 24.8 Å². The minimum absolute atomic E-state index is 0.0707. The topological polar surface area (TPSA) is 47.9 Å². The molecule has 4 heteroatoms. The zero-order valence-corrected chi connectivity index (χ0v) is 18.2. The Labute approximate surface area is 184 Å². The highest BCUT2D eigenvalue weighted by Gasteiger charge is 2.31. The van der Waals surface area contributed by atoms with Crippen LogP contribution in [0.25, 0.3) is 0 Å². The van der Waals surface area contributed by atoms with Crippen LogP contribution >= 0.6 is 0 Å². The molecular weight excluding hydrogens is 388 g/mol. The van der Waals surface area contributed by atoms with Crippen molar-refractivity contribution in [2.75, 3.05) is 7.11 Å². The number of aromatic hydroxyl groups is 1. The van der Waals surface area contributed by atoms with Gasteiger partial charge in [-0.3, -0.25) is 0 Å². The molecule has 0 aliphatic carbocycles. The largest absolute Gasteiger partial charge is 0.508 e. The summed E-state index contributed by atoms with van der Waals surface area (Å²) in [6.45, 7) is 2.72. The fraction of sp³-hybridized carbons (Fsp3) is 0.333. The lowest BCUT2D eigenvalue weighted by atomic mass is 9.93. The molecule has 162 valence electrons. The number of rotatable bonds is 7. The molecule has 4 rings (SSSR count). The molecule has 3 unspecified atom stereocenters. The first kappa shape index (κ1) is 21.6. The summed E-state index contributed by atoms with van der Waals surface area (Å²) in [5.41, 5.74) is 5.99. The average Bonchev–Trinajstić information content (AvgIpc) is 2.81. The van der Waals surface area contributed by atoms with E-state index in [9.17, 15) is 5.11 Å². The molecule has 1 aliphatic heterocycles. The molecule has 3 aromatic rings. The number of methoxy groups -OCH3 is 1. The van der Waals surface area contributed by atoms with Gasteiger partial charge < -0.3 is 19.3 Å². The number of ether oxygens (including phenoxy) is 3. The van der Waals surface area contributed by atoms with Gasteiger partial charge in [0.25, 0.3) is 0 Å². The second-order valence-corrected chi connectivity index (χ2v) is 8.21. The molecule has 1 aliphatic rings. The lowest BCUT2D eigenvalue weighted by molar-refractivity contribution is -0.214. The number of benzene rings is 3. The molecule has 0 bridgehead atoms. The highest BCUT2D eigenvalue weighted by molar-refractivity contribution is 5.37. The highest BCUT2D eigenvalue weighted by atomic mass is 16.7. The molecule has 0 spiro atoms. The van der Waals surface area contributed by atoms with Crippen LogP contribution in [0.3, 0.4) is 0 Å². The van der Waals surface area contributed by atoms with Crippen LogP contribution in [0.1, 0.15) is 46.8 Å². The summed E-state index contributed by atoms with van der Waals surface area (Å²) >= 11 is 0. The Bertz CT molecular complexity index is 968. The van der Waals surface area contributed by atoms with Gasteiger partial charge in [-0.25, -0.2) is 0 Å². The van der Waals surface area contributed by atoms with Crippen molar-refractivity contribution in [1.29, 1.82) is 0 Å². The quantitative estimate of drug-likeness (QED) is 0.535. The Hall–Kier alpha value is -2.66. The molecule has 1 saturated heterocycles. The molecular formula is C27H30O4. The van der Waals surface area contributed by atoms with E-state index in [1.54, 1.807) is 19.2 Å². The van der Waals surface area contributed by atoms with E-state index in [1.165, 1.54) is 22.3 Å². The molecule has 1 N–H and O–H groups in total. The van der Waals surface area contributed by atoms with E-state index < -0.39 is 0 Å². The summed E-state index contributed by atoms with van der Waals surface area (Å²) in [6.07, 6.45) is 2.07.